The Balaban J connectivity index is 2.98. The Morgan fingerprint density at radius 2 is 2.33 bits per heavy atom. The summed E-state index contributed by atoms with van der Waals surface area (Å²) in [5.41, 5.74) is 0.948. The third-order valence-corrected chi connectivity index (χ3v) is 3.04. The van der Waals surface area contributed by atoms with Gasteiger partial charge < -0.3 is 10.1 Å². The van der Waals surface area contributed by atoms with Crippen LogP contribution in [0, 0.1) is 6.92 Å². The molecular formula is C8H12N2OS. The van der Waals surface area contributed by atoms with Gasteiger partial charge in [0.2, 0.25) is 0 Å². The van der Waals surface area contributed by atoms with Gasteiger partial charge in [0.05, 0.1) is 5.69 Å². The second kappa shape index (κ2) is 3.67. The maximum absolute atomic E-state index is 10.5. The van der Waals surface area contributed by atoms with Gasteiger partial charge in [-0.25, -0.2) is 4.98 Å². The molecule has 1 atom stereocenters. The van der Waals surface area contributed by atoms with Crippen molar-refractivity contribution in [2.75, 3.05) is 12.4 Å². The zero-order valence-corrected chi connectivity index (χ0v) is 8.23. The molecule has 1 N–H and O–H groups in total. The van der Waals surface area contributed by atoms with E-state index in [9.17, 15) is 4.79 Å². The number of thiazole rings is 1. The van der Waals surface area contributed by atoms with Gasteiger partial charge in [-0.3, -0.25) is 0 Å². The molecule has 1 aromatic rings. The summed E-state index contributed by atoms with van der Waals surface area (Å²) in [6, 6.07) is 0. The van der Waals surface area contributed by atoms with Crippen LogP contribution in [0.15, 0.2) is 0 Å². The van der Waals surface area contributed by atoms with Gasteiger partial charge in [0.15, 0.2) is 5.13 Å². The average Bonchev–Trinajstić information content (AvgIpc) is 2.45. The molecule has 0 radical (unpaired) electrons. The molecule has 0 saturated carbocycles. The van der Waals surface area contributed by atoms with Crippen LogP contribution in [0.2, 0.25) is 0 Å². The Morgan fingerprint density at radius 3 is 2.75 bits per heavy atom. The van der Waals surface area contributed by atoms with Crippen LogP contribution < -0.4 is 5.32 Å². The number of nitrogens with zero attached hydrogens (tertiary/aromatic N) is 1. The standard InChI is InChI=1S/C8H12N2OS/c1-5(4-11)7-6(2)10-8(9-3)12-7/h4-5H,1-3H3,(H,9,10). The molecule has 0 fully saturated rings. The van der Waals surface area contributed by atoms with E-state index in [1.807, 2.05) is 20.9 Å². The fraction of sp³-hybridized carbons (Fsp3) is 0.500. The average molecular weight is 184 g/mol. The normalized spacial score (nSPS) is 12.6. The zero-order chi connectivity index (χ0) is 9.14. The highest BCUT2D eigenvalue weighted by atomic mass is 32.1. The molecule has 0 aliphatic heterocycles. The van der Waals surface area contributed by atoms with Crippen LogP contribution in [0.25, 0.3) is 0 Å². The number of aryl methyl sites for hydroxylation is 1. The monoisotopic (exact) mass is 184 g/mol. The summed E-state index contributed by atoms with van der Waals surface area (Å²) in [6.07, 6.45) is 0.944. The first-order valence-corrected chi connectivity index (χ1v) is 4.61. The van der Waals surface area contributed by atoms with Gasteiger partial charge in [-0.05, 0) is 6.92 Å². The number of aldehydes is 1. The van der Waals surface area contributed by atoms with Gasteiger partial charge in [0.1, 0.15) is 6.29 Å². The number of hydrogen-bond donors (Lipinski definition) is 1. The molecule has 0 bridgehead atoms. The first-order chi connectivity index (χ1) is 5.69. The zero-order valence-electron chi connectivity index (χ0n) is 7.42. The summed E-state index contributed by atoms with van der Waals surface area (Å²) in [5, 5.41) is 3.83. The van der Waals surface area contributed by atoms with Gasteiger partial charge >= 0.3 is 0 Å². The molecule has 0 aliphatic carbocycles. The number of nitrogens with one attached hydrogen (secondary N) is 1. The molecule has 0 saturated heterocycles. The van der Waals surface area contributed by atoms with Crippen molar-refractivity contribution in [3.8, 4) is 0 Å². The van der Waals surface area contributed by atoms with Crippen LogP contribution in [0.4, 0.5) is 5.13 Å². The van der Waals surface area contributed by atoms with Crippen molar-refractivity contribution in [2.45, 2.75) is 19.8 Å². The minimum absolute atomic E-state index is 0.0374. The van der Waals surface area contributed by atoms with Crippen LogP contribution >= 0.6 is 11.3 Å². The number of hydrogen-bond acceptors (Lipinski definition) is 4. The third-order valence-electron chi connectivity index (χ3n) is 1.66. The summed E-state index contributed by atoms with van der Waals surface area (Å²) >= 11 is 1.54. The molecule has 0 aliphatic rings. The van der Waals surface area contributed by atoms with Gasteiger partial charge in [0, 0.05) is 17.8 Å². The summed E-state index contributed by atoms with van der Waals surface area (Å²) in [5.74, 6) is -0.0374. The van der Waals surface area contributed by atoms with E-state index in [0.717, 1.165) is 22.0 Å². The fourth-order valence-electron chi connectivity index (χ4n) is 0.999. The van der Waals surface area contributed by atoms with E-state index in [1.54, 1.807) is 0 Å². The molecule has 0 spiro atoms. The van der Waals surface area contributed by atoms with Gasteiger partial charge in [-0.2, -0.15) is 0 Å². The van der Waals surface area contributed by atoms with Crippen molar-refractivity contribution in [1.29, 1.82) is 0 Å². The minimum Gasteiger partial charge on any atom is -0.365 e. The lowest BCUT2D eigenvalue weighted by molar-refractivity contribution is -0.108. The molecule has 0 aromatic carbocycles. The second-order valence-corrected chi connectivity index (χ2v) is 3.67. The van der Waals surface area contributed by atoms with Crippen molar-refractivity contribution in [2.24, 2.45) is 0 Å². The van der Waals surface area contributed by atoms with Crippen LogP contribution in [0.3, 0.4) is 0 Å². The summed E-state index contributed by atoms with van der Waals surface area (Å²) < 4.78 is 0. The highest BCUT2D eigenvalue weighted by molar-refractivity contribution is 7.15. The smallest absolute Gasteiger partial charge is 0.182 e. The molecule has 3 nitrogen and oxygen atoms in total. The van der Waals surface area contributed by atoms with E-state index in [-0.39, 0.29) is 5.92 Å². The Bertz CT molecular complexity index is 283. The van der Waals surface area contributed by atoms with Gasteiger partial charge in [0.25, 0.3) is 0 Å². The Hall–Kier alpha value is -0.900. The van der Waals surface area contributed by atoms with Crippen LogP contribution in [0.5, 0.6) is 0 Å². The van der Waals surface area contributed by atoms with Crippen LogP contribution in [-0.4, -0.2) is 18.3 Å². The SMILES string of the molecule is CNc1nc(C)c(C(C)C=O)s1. The van der Waals surface area contributed by atoms with E-state index in [4.69, 9.17) is 0 Å². The molecular weight excluding hydrogens is 172 g/mol. The van der Waals surface area contributed by atoms with Gasteiger partial charge in [-0.1, -0.05) is 6.92 Å². The lowest BCUT2D eigenvalue weighted by atomic mass is 10.1. The second-order valence-electron chi connectivity index (χ2n) is 2.64. The molecule has 1 aromatic heterocycles. The largest absolute Gasteiger partial charge is 0.365 e. The number of carbonyl (C=O) groups is 1. The molecule has 1 unspecified atom stereocenters. The molecule has 66 valence electrons. The predicted molar refractivity (Wildman–Crippen MR) is 50.9 cm³/mol. The van der Waals surface area contributed by atoms with Crippen LogP contribution in [-0.2, 0) is 4.79 Å². The van der Waals surface area contributed by atoms with E-state index in [1.165, 1.54) is 11.3 Å². The Kier molecular flexibility index (Phi) is 2.81. The maximum atomic E-state index is 10.5. The van der Waals surface area contributed by atoms with Crippen molar-refractivity contribution < 1.29 is 4.79 Å². The predicted octanol–water partition coefficient (Wildman–Crippen LogP) is 1.80. The Morgan fingerprint density at radius 1 is 1.67 bits per heavy atom. The van der Waals surface area contributed by atoms with E-state index >= 15 is 0 Å². The first kappa shape index (κ1) is 9.19. The summed E-state index contributed by atoms with van der Waals surface area (Å²) in [4.78, 5) is 15.8. The molecule has 1 heterocycles. The molecule has 12 heavy (non-hydrogen) atoms. The first-order valence-electron chi connectivity index (χ1n) is 3.79. The Labute approximate surface area is 75.8 Å². The minimum atomic E-state index is -0.0374. The molecule has 4 heteroatoms. The lowest BCUT2D eigenvalue weighted by Crippen LogP contribution is -1.92. The number of rotatable bonds is 3. The van der Waals surface area contributed by atoms with E-state index in [0.29, 0.717) is 0 Å². The topological polar surface area (TPSA) is 42.0 Å². The third kappa shape index (κ3) is 1.64. The lowest BCUT2D eigenvalue weighted by Gasteiger charge is -1.97. The number of carbonyl (C=O) groups excluding carboxylic acids is 1. The highest BCUT2D eigenvalue weighted by Gasteiger charge is 2.12. The van der Waals surface area contributed by atoms with E-state index in [2.05, 4.69) is 10.3 Å². The number of anilines is 1. The fourth-order valence-corrected chi connectivity index (χ4v) is 1.93. The van der Waals surface area contributed by atoms with Crippen molar-refractivity contribution >= 4 is 22.8 Å². The summed E-state index contributed by atoms with van der Waals surface area (Å²) in [7, 11) is 1.83. The van der Waals surface area contributed by atoms with Gasteiger partial charge in [-0.15, -0.1) is 11.3 Å². The van der Waals surface area contributed by atoms with Crippen molar-refractivity contribution in [3.63, 3.8) is 0 Å². The van der Waals surface area contributed by atoms with Crippen LogP contribution in [0.1, 0.15) is 23.4 Å². The van der Waals surface area contributed by atoms with E-state index < -0.39 is 0 Å². The van der Waals surface area contributed by atoms with Crippen molar-refractivity contribution in [1.82, 2.24) is 4.98 Å². The quantitative estimate of drug-likeness (QED) is 0.728. The summed E-state index contributed by atoms with van der Waals surface area (Å²) in [6.45, 7) is 3.81. The van der Waals surface area contributed by atoms with Crippen molar-refractivity contribution in [3.05, 3.63) is 10.6 Å². The number of aromatic nitrogens is 1. The molecule has 1 rings (SSSR count). The molecule has 0 amide bonds. The highest BCUT2D eigenvalue weighted by Crippen LogP contribution is 2.27. The maximum Gasteiger partial charge on any atom is 0.182 e.